The maximum Gasteiger partial charge on any atom is 0.146 e. The maximum absolute atomic E-state index is 4.34. The maximum atomic E-state index is 4.34. The van der Waals surface area contributed by atoms with E-state index in [9.17, 15) is 0 Å². The molecule has 0 aromatic carbocycles. The van der Waals surface area contributed by atoms with Crippen molar-refractivity contribution in [1.82, 2.24) is 9.97 Å². The molecule has 6 heteroatoms. The van der Waals surface area contributed by atoms with Crippen molar-refractivity contribution in [1.29, 1.82) is 0 Å². The first-order valence-electron chi connectivity index (χ1n) is 6.80. The van der Waals surface area contributed by atoms with Crippen molar-refractivity contribution in [2.24, 2.45) is 0 Å². The Bertz CT molecular complexity index is 530. The van der Waals surface area contributed by atoms with E-state index in [2.05, 4.69) is 67.9 Å². The second-order valence-corrected chi connectivity index (χ2v) is 6.20. The molecule has 2 rings (SSSR count). The second-order valence-electron chi connectivity index (χ2n) is 4.43. The molecule has 1 atom stereocenters. The zero-order chi connectivity index (χ0) is 14.4. The molecule has 2 aromatic heterocycles. The van der Waals surface area contributed by atoms with E-state index in [1.54, 1.807) is 17.7 Å². The summed E-state index contributed by atoms with van der Waals surface area (Å²) < 4.78 is 0.892. The lowest BCUT2D eigenvalue weighted by Crippen LogP contribution is -2.11. The van der Waals surface area contributed by atoms with Crippen LogP contribution in [0.15, 0.2) is 28.3 Å². The summed E-state index contributed by atoms with van der Waals surface area (Å²) in [5.41, 5.74) is 0. The van der Waals surface area contributed by atoms with Crippen molar-refractivity contribution in [2.75, 3.05) is 17.2 Å². The van der Waals surface area contributed by atoms with Gasteiger partial charge < -0.3 is 10.6 Å². The van der Waals surface area contributed by atoms with Crippen LogP contribution in [-0.4, -0.2) is 16.5 Å². The van der Waals surface area contributed by atoms with Crippen molar-refractivity contribution in [3.63, 3.8) is 0 Å². The number of nitrogens with zero attached hydrogens (tertiary/aromatic N) is 2. The third-order valence-corrected chi connectivity index (χ3v) is 4.67. The van der Waals surface area contributed by atoms with Crippen LogP contribution < -0.4 is 10.6 Å². The highest BCUT2D eigenvalue weighted by atomic mass is 79.9. The molecule has 0 saturated heterocycles. The Labute approximate surface area is 132 Å². The number of thiophene rings is 1. The van der Waals surface area contributed by atoms with Gasteiger partial charge in [-0.15, -0.1) is 11.3 Å². The van der Waals surface area contributed by atoms with E-state index in [1.165, 1.54) is 4.88 Å². The standard InChI is InChI=1S/C14H19BrN4S/c1-3-7-16-13-12(15)14(18-9-17-13)19-10(4-2)11-6-5-8-20-11/h5-6,8-10H,3-4,7H2,1-2H3,(H2,16,17,18,19). The fourth-order valence-corrected chi connectivity index (χ4v) is 3.19. The van der Waals surface area contributed by atoms with E-state index in [1.807, 2.05) is 0 Å². The first kappa shape index (κ1) is 15.3. The summed E-state index contributed by atoms with van der Waals surface area (Å²) in [4.78, 5) is 9.93. The van der Waals surface area contributed by atoms with Crippen LogP contribution >= 0.6 is 27.3 Å². The Morgan fingerprint density at radius 3 is 2.75 bits per heavy atom. The highest BCUT2D eigenvalue weighted by Crippen LogP contribution is 2.31. The highest BCUT2D eigenvalue weighted by Gasteiger charge is 2.14. The summed E-state index contributed by atoms with van der Waals surface area (Å²) >= 11 is 5.35. The number of rotatable bonds is 7. The van der Waals surface area contributed by atoms with Crippen LogP contribution in [0.3, 0.4) is 0 Å². The van der Waals surface area contributed by atoms with Crippen molar-refractivity contribution in [2.45, 2.75) is 32.7 Å². The summed E-state index contributed by atoms with van der Waals surface area (Å²) in [5.74, 6) is 1.67. The zero-order valence-electron chi connectivity index (χ0n) is 11.7. The topological polar surface area (TPSA) is 49.8 Å². The number of nitrogens with one attached hydrogen (secondary N) is 2. The van der Waals surface area contributed by atoms with Gasteiger partial charge in [-0.2, -0.15) is 0 Å². The third-order valence-electron chi connectivity index (χ3n) is 2.94. The zero-order valence-corrected chi connectivity index (χ0v) is 14.1. The number of aromatic nitrogens is 2. The molecule has 0 aliphatic heterocycles. The van der Waals surface area contributed by atoms with Crippen LogP contribution in [0.5, 0.6) is 0 Å². The van der Waals surface area contributed by atoms with E-state index in [-0.39, 0.29) is 6.04 Å². The van der Waals surface area contributed by atoms with Gasteiger partial charge in [0.2, 0.25) is 0 Å². The molecule has 2 aromatic rings. The quantitative estimate of drug-likeness (QED) is 0.757. The third kappa shape index (κ3) is 3.70. The Hall–Kier alpha value is -1.14. The van der Waals surface area contributed by atoms with Gasteiger partial charge in [-0.25, -0.2) is 9.97 Å². The molecule has 0 aliphatic carbocycles. The van der Waals surface area contributed by atoms with Gasteiger partial charge in [0.05, 0.1) is 6.04 Å². The number of halogens is 1. The predicted octanol–water partition coefficient (Wildman–Crippen LogP) is 4.69. The van der Waals surface area contributed by atoms with Crippen molar-refractivity contribution < 1.29 is 0 Å². The summed E-state index contributed by atoms with van der Waals surface area (Å²) in [7, 11) is 0. The molecule has 0 bridgehead atoms. The van der Waals surface area contributed by atoms with E-state index in [0.717, 1.165) is 35.5 Å². The van der Waals surface area contributed by atoms with Crippen LogP contribution in [0.4, 0.5) is 11.6 Å². The molecule has 0 fully saturated rings. The number of anilines is 2. The largest absolute Gasteiger partial charge is 0.369 e. The second kappa shape index (κ2) is 7.59. The average Bonchev–Trinajstić information content (AvgIpc) is 2.99. The molecule has 2 N–H and O–H groups in total. The van der Waals surface area contributed by atoms with E-state index < -0.39 is 0 Å². The Kier molecular flexibility index (Phi) is 5.79. The molecular weight excluding hydrogens is 336 g/mol. The van der Waals surface area contributed by atoms with Gasteiger partial charge in [0.25, 0.3) is 0 Å². The first-order valence-corrected chi connectivity index (χ1v) is 8.47. The first-order chi connectivity index (χ1) is 9.76. The Morgan fingerprint density at radius 1 is 1.30 bits per heavy atom. The van der Waals surface area contributed by atoms with Crippen LogP contribution in [0.1, 0.15) is 37.6 Å². The van der Waals surface area contributed by atoms with E-state index >= 15 is 0 Å². The van der Waals surface area contributed by atoms with Gasteiger partial charge in [0, 0.05) is 11.4 Å². The van der Waals surface area contributed by atoms with Gasteiger partial charge in [-0.05, 0) is 40.2 Å². The average molecular weight is 355 g/mol. The van der Waals surface area contributed by atoms with E-state index in [0.29, 0.717) is 0 Å². The minimum absolute atomic E-state index is 0.278. The van der Waals surface area contributed by atoms with Gasteiger partial charge in [-0.3, -0.25) is 0 Å². The smallest absolute Gasteiger partial charge is 0.146 e. The molecule has 0 saturated carbocycles. The minimum atomic E-state index is 0.278. The van der Waals surface area contributed by atoms with Crippen LogP contribution in [0.2, 0.25) is 0 Å². The van der Waals surface area contributed by atoms with Crippen LogP contribution in [-0.2, 0) is 0 Å². The molecule has 0 spiro atoms. The predicted molar refractivity (Wildman–Crippen MR) is 89.5 cm³/mol. The van der Waals surface area contributed by atoms with Crippen molar-refractivity contribution in [3.05, 3.63) is 33.2 Å². The van der Waals surface area contributed by atoms with Gasteiger partial charge in [0.15, 0.2) is 0 Å². The normalized spacial score (nSPS) is 12.2. The lowest BCUT2D eigenvalue weighted by molar-refractivity contribution is 0.757. The molecule has 0 radical (unpaired) electrons. The molecule has 0 aliphatic rings. The fraction of sp³-hybridized carbons (Fsp3) is 0.429. The molecule has 0 amide bonds. The van der Waals surface area contributed by atoms with Gasteiger partial charge >= 0.3 is 0 Å². The molecular formula is C14H19BrN4S. The highest BCUT2D eigenvalue weighted by molar-refractivity contribution is 9.10. The SMILES string of the molecule is CCCNc1ncnc(NC(CC)c2cccs2)c1Br. The molecule has 20 heavy (non-hydrogen) atoms. The monoisotopic (exact) mass is 354 g/mol. The summed E-state index contributed by atoms with van der Waals surface area (Å²) in [6, 6.07) is 4.50. The number of hydrogen-bond acceptors (Lipinski definition) is 5. The molecule has 2 heterocycles. The summed E-state index contributed by atoms with van der Waals surface area (Å²) in [6.45, 7) is 5.20. The Morgan fingerprint density at radius 2 is 2.10 bits per heavy atom. The minimum Gasteiger partial charge on any atom is -0.369 e. The van der Waals surface area contributed by atoms with Crippen molar-refractivity contribution >= 4 is 38.9 Å². The van der Waals surface area contributed by atoms with Gasteiger partial charge in [0.1, 0.15) is 22.4 Å². The lowest BCUT2D eigenvalue weighted by Gasteiger charge is -2.18. The molecule has 1 unspecified atom stereocenters. The Balaban J connectivity index is 2.16. The lowest BCUT2D eigenvalue weighted by atomic mass is 10.2. The fourth-order valence-electron chi connectivity index (χ4n) is 1.87. The van der Waals surface area contributed by atoms with E-state index in [4.69, 9.17) is 0 Å². The molecule has 4 nitrogen and oxygen atoms in total. The van der Waals surface area contributed by atoms with Crippen molar-refractivity contribution in [3.8, 4) is 0 Å². The summed E-state index contributed by atoms with van der Waals surface area (Å²) in [6.07, 6.45) is 3.66. The van der Waals surface area contributed by atoms with Gasteiger partial charge in [-0.1, -0.05) is 19.9 Å². The summed E-state index contributed by atoms with van der Waals surface area (Å²) in [5, 5.41) is 8.88. The molecule has 108 valence electrons. The number of hydrogen-bond donors (Lipinski definition) is 2. The van der Waals surface area contributed by atoms with Crippen LogP contribution in [0, 0.1) is 0 Å². The van der Waals surface area contributed by atoms with Crippen LogP contribution in [0.25, 0.3) is 0 Å².